The average molecular weight is 273 g/mol. The zero-order chi connectivity index (χ0) is 15.0. The van der Waals surface area contributed by atoms with Gasteiger partial charge in [0.15, 0.2) is 5.58 Å². The van der Waals surface area contributed by atoms with Crippen LogP contribution in [0.5, 0.6) is 0 Å². The highest BCUT2D eigenvalue weighted by Crippen LogP contribution is 2.34. The first-order valence-corrected chi connectivity index (χ1v) is 7.78. The molecule has 0 unspecified atom stereocenters. The van der Waals surface area contributed by atoms with Gasteiger partial charge in [0.2, 0.25) is 5.89 Å². The molecule has 1 aromatic carbocycles. The maximum absolute atomic E-state index is 6.08. The standard InChI is InChI=1S/C18H27NO/c1-7-17(4,5)13-10-11-14-15(12-13)20-16(19-14)18(6,8-2)9-3/h10-12H,7-9H2,1-6H3. The molecule has 2 aromatic rings. The lowest BCUT2D eigenvalue weighted by atomic mass is 9.82. The van der Waals surface area contributed by atoms with Crippen molar-refractivity contribution in [2.24, 2.45) is 0 Å². The summed E-state index contributed by atoms with van der Waals surface area (Å²) in [6, 6.07) is 6.45. The van der Waals surface area contributed by atoms with Crippen LogP contribution in [-0.4, -0.2) is 4.98 Å². The molecule has 0 fully saturated rings. The number of benzene rings is 1. The Kier molecular flexibility index (Phi) is 3.95. The first-order chi connectivity index (χ1) is 9.36. The van der Waals surface area contributed by atoms with E-state index in [4.69, 9.17) is 9.40 Å². The van der Waals surface area contributed by atoms with Crippen LogP contribution in [0.15, 0.2) is 22.6 Å². The Morgan fingerprint density at radius 1 is 1.00 bits per heavy atom. The minimum atomic E-state index is 0.0411. The number of nitrogens with zero attached hydrogens (tertiary/aromatic N) is 1. The Balaban J connectivity index is 2.50. The van der Waals surface area contributed by atoms with Gasteiger partial charge in [0.1, 0.15) is 5.52 Å². The van der Waals surface area contributed by atoms with Crippen LogP contribution in [0, 0.1) is 0 Å². The van der Waals surface area contributed by atoms with E-state index in [0.717, 1.165) is 36.3 Å². The van der Waals surface area contributed by atoms with Gasteiger partial charge in [-0.1, -0.05) is 47.6 Å². The molecule has 2 heteroatoms. The topological polar surface area (TPSA) is 26.0 Å². The van der Waals surface area contributed by atoms with Gasteiger partial charge >= 0.3 is 0 Å². The third-order valence-corrected chi connectivity index (χ3v) is 5.13. The van der Waals surface area contributed by atoms with E-state index in [1.54, 1.807) is 0 Å². The SMILES string of the molecule is CCC(C)(C)c1ccc2nc(C(C)(CC)CC)oc2c1. The van der Waals surface area contributed by atoms with Gasteiger partial charge in [0.25, 0.3) is 0 Å². The summed E-state index contributed by atoms with van der Waals surface area (Å²) in [5.41, 5.74) is 3.44. The van der Waals surface area contributed by atoms with Gasteiger partial charge in [-0.25, -0.2) is 4.98 Å². The van der Waals surface area contributed by atoms with E-state index < -0.39 is 0 Å². The van der Waals surface area contributed by atoms with Gasteiger partial charge in [-0.3, -0.25) is 0 Å². The number of oxazole rings is 1. The molecule has 0 N–H and O–H groups in total. The van der Waals surface area contributed by atoms with Crippen LogP contribution < -0.4 is 0 Å². The molecule has 0 spiro atoms. The van der Waals surface area contributed by atoms with Crippen molar-refractivity contribution >= 4 is 11.1 Å². The summed E-state index contributed by atoms with van der Waals surface area (Å²) >= 11 is 0. The van der Waals surface area contributed by atoms with Gasteiger partial charge in [-0.15, -0.1) is 0 Å². The van der Waals surface area contributed by atoms with E-state index in [1.165, 1.54) is 5.56 Å². The largest absolute Gasteiger partial charge is 0.440 e. The first-order valence-electron chi connectivity index (χ1n) is 7.78. The van der Waals surface area contributed by atoms with E-state index in [-0.39, 0.29) is 10.8 Å². The molecule has 2 rings (SSSR count). The van der Waals surface area contributed by atoms with Gasteiger partial charge in [-0.05, 0) is 42.4 Å². The van der Waals surface area contributed by atoms with E-state index in [9.17, 15) is 0 Å². The molecular formula is C18H27NO. The minimum absolute atomic E-state index is 0.0411. The molecule has 0 aliphatic carbocycles. The zero-order valence-electron chi connectivity index (χ0n) is 13.7. The van der Waals surface area contributed by atoms with Crippen LogP contribution in [0.25, 0.3) is 11.1 Å². The maximum Gasteiger partial charge on any atom is 0.201 e. The Morgan fingerprint density at radius 3 is 2.20 bits per heavy atom. The summed E-state index contributed by atoms with van der Waals surface area (Å²) in [5, 5.41) is 0. The molecule has 0 amide bonds. The second kappa shape index (κ2) is 5.23. The smallest absolute Gasteiger partial charge is 0.201 e. The number of fused-ring (bicyclic) bond motifs is 1. The van der Waals surface area contributed by atoms with Gasteiger partial charge in [0, 0.05) is 5.41 Å². The molecule has 20 heavy (non-hydrogen) atoms. The Labute approximate surface area is 122 Å². The minimum Gasteiger partial charge on any atom is -0.440 e. The van der Waals surface area contributed by atoms with Crippen molar-refractivity contribution in [2.75, 3.05) is 0 Å². The average Bonchev–Trinajstić information content (AvgIpc) is 2.89. The van der Waals surface area contributed by atoms with Crippen molar-refractivity contribution in [1.82, 2.24) is 4.98 Å². The molecule has 110 valence electrons. The van der Waals surface area contributed by atoms with Crippen molar-refractivity contribution in [3.8, 4) is 0 Å². The highest BCUT2D eigenvalue weighted by atomic mass is 16.3. The predicted octanol–water partition coefficient (Wildman–Crippen LogP) is 5.59. The molecule has 0 atom stereocenters. The fourth-order valence-electron chi connectivity index (χ4n) is 2.36. The number of rotatable bonds is 5. The molecule has 0 aliphatic heterocycles. The van der Waals surface area contributed by atoms with Crippen molar-refractivity contribution in [3.05, 3.63) is 29.7 Å². The van der Waals surface area contributed by atoms with Gasteiger partial charge < -0.3 is 4.42 Å². The monoisotopic (exact) mass is 273 g/mol. The van der Waals surface area contributed by atoms with Crippen LogP contribution in [0.3, 0.4) is 0 Å². The second-order valence-electron chi connectivity index (χ2n) is 6.71. The highest BCUT2D eigenvalue weighted by Gasteiger charge is 2.28. The van der Waals surface area contributed by atoms with Crippen LogP contribution in [0.4, 0.5) is 0 Å². The molecular weight excluding hydrogens is 246 g/mol. The Hall–Kier alpha value is -1.31. The zero-order valence-corrected chi connectivity index (χ0v) is 13.7. The molecule has 0 radical (unpaired) electrons. The van der Waals surface area contributed by atoms with Crippen molar-refractivity contribution in [1.29, 1.82) is 0 Å². The lowest BCUT2D eigenvalue weighted by Crippen LogP contribution is -2.19. The fraction of sp³-hybridized carbons (Fsp3) is 0.611. The summed E-state index contributed by atoms with van der Waals surface area (Å²) in [7, 11) is 0. The molecule has 1 heterocycles. The molecule has 0 bridgehead atoms. The first kappa shape index (κ1) is 15.1. The lowest BCUT2D eigenvalue weighted by Gasteiger charge is -2.23. The lowest BCUT2D eigenvalue weighted by molar-refractivity contribution is 0.335. The number of hydrogen-bond acceptors (Lipinski definition) is 2. The normalized spacial score (nSPS) is 13.1. The summed E-state index contributed by atoms with van der Waals surface area (Å²) < 4.78 is 6.08. The molecule has 1 aromatic heterocycles. The molecule has 2 nitrogen and oxygen atoms in total. The van der Waals surface area contributed by atoms with Crippen LogP contribution in [-0.2, 0) is 10.8 Å². The van der Waals surface area contributed by atoms with Crippen molar-refractivity contribution in [3.63, 3.8) is 0 Å². The molecule has 0 aliphatic rings. The fourth-order valence-corrected chi connectivity index (χ4v) is 2.36. The number of hydrogen-bond donors (Lipinski definition) is 0. The maximum atomic E-state index is 6.08. The molecule has 0 saturated carbocycles. The Morgan fingerprint density at radius 2 is 1.65 bits per heavy atom. The Bertz CT molecular complexity index is 590. The summed E-state index contributed by atoms with van der Waals surface area (Å²) in [6.07, 6.45) is 3.20. The van der Waals surface area contributed by atoms with Crippen LogP contribution in [0.2, 0.25) is 0 Å². The summed E-state index contributed by atoms with van der Waals surface area (Å²) in [4.78, 5) is 4.71. The second-order valence-corrected chi connectivity index (χ2v) is 6.71. The predicted molar refractivity (Wildman–Crippen MR) is 85.3 cm³/mol. The molecule has 0 saturated heterocycles. The van der Waals surface area contributed by atoms with E-state index in [0.29, 0.717) is 0 Å². The van der Waals surface area contributed by atoms with Crippen molar-refractivity contribution in [2.45, 2.75) is 71.6 Å². The van der Waals surface area contributed by atoms with E-state index in [2.05, 4.69) is 59.7 Å². The summed E-state index contributed by atoms with van der Waals surface area (Å²) in [5.74, 6) is 0.879. The van der Waals surface area contributed by atoms with Gasteiger partial charge in [0.05, 0.1) is 0 Å². The highest BCUT2D eigenvalue weighted by molar-refractivity contribution is 5.74. The summed E-state index contributed by atoms with van der Waals surface area (Å²) in [6.45, 7) is 13.4. The van der Waals surface area contributed by atoms with Crippen LogP contribution >= 0.6 is 0 Å². The van der Waals surface area contributed by atoms with Gasteiger partial charge in [-0.2, -0.15) is 0 Å². The van der Waals surface area contributed by atoms with Crippen molar-refractivity contribution < 1.29 is 4.42 Å². The quantitative estimate of drug-likeness (QED) is 0.709. The third-order valence-electron chi connectivity index (χ3n) is 5.13. The van der Waals surface area contributed by atoms with E-state index in [1.807, 2.05) is 0 Å². The third kappa shape index (κ3) is 2.48. The van der Waals surface area contributed by atoms with Crippen LogP contribution in [0.1, 0.15) is 72.3 Å². The van der Waals surface area contributed by atoms with E-state index >= 15 is 0 Å². The number of aromatic nitrogens is 1.